The van der Waals surface area contributed by atoms with E-state index in [1.165, 1.54) is 5.56 Å². The van der Waals surface area contributed by atoms with Crippen LogP contribution in [0.5, 0.6) is 0 Å². The van der Waals surface area contributed by atoms with Crippen LogP contribution in [0.1, 0.15) is 43.7 Å². The molecule has 2 aromatic rings. The Morgan fingerprint density at radius 1 is 1.28 bits per heavy atom. The number of ether oxygens (including phenoxy) is 1. The standard InChI is InChI=1S/C15H19NO2/c1-5-18-14(17)13-9-10-8-11(15(2,3)4)6-7-12(10)16-13/h6-9,16H,5H2,1-4H3. The van der Waals surface area contributed by atoms with Gasteiger partial charge in [0.25, 0.3) is 0 Å². The molecular weight excluding hydrogens is 226 g/mol. The van der Waals surface area contributed by atoms with Gasteiger partial charge in [-0.25, -0.2) is 4.79 Å². The summed E-state index contributed by atoms with van der Waals surface area (Å²) in [5, 5.41) is 1.05. The van der Waals surface area contributed by atoms with Crippen LogP contribution >= 0.6 is 0 Å². The number of rotatable bonds is 2. The Morgan fingerprint density at radius 2 is 2.00 bits per heavy atom. The van der Waals surface area contributed by atoms with E-state index >= 15 is 0 Å². The largest absolute Gasteiger partial charge is 0.461 e. The molecule has 1 heterocycles. The van der Waals surface area contributed by atoms with Crippen molar-refractivity contribution in [3.05, 3.63) is 35.5 Å². The SMILES string of the molecule is CCOC(=O)c1cc2cc(C(C)(C)C)ccc2[nH]1. The highest BCUT2D eigenvalue weighted by Crippen LogP contribution is 2.26. The molecule has 0 aliphatic heterocycles. The Kier molecular flexibility index (Phi) is 3.16. The number of carbonyl (C=O) groups excluding carboxylic acids is 1. The van der Waals surface area contributed by atoms with Crippen molar-refractivity contribution in [2.24, 2.45) is 0 Å². The molecule has 0 unspecified atom stereocenters. The predicted molar refractivity (Wildman–Crippen MR) is 73.0 cm³/mol. The second-order valence-electron chi connectivity index (χ2n) is 5.46. The molecule has 1 aromatic heterocycles. The van der Waals surface area contributed by atoms with Gasteiger partial charge in [-0.1, -0.05) is 26.8 Å². The summed E-state index contributed by atoms with van der Waals surface area (Å²) >= 11 is 0. The third-order valence-electron chi connectivity index (χ3n) is 2.98. The van der Waals surface area contributed by atoms with Gasteiger partial charge < -0.3 is 9.72 Å². The topological polar surface area (TPSA) is 42.1 Å². The minimum Gasteiger partial charge on any atom is -0.461 e. The minimum absolute atomic E-state index is 0.107. The lowest BCUT2D eigenvalue weighted by molar-refractivity contribution is 0.0520. The van der Waals surface area contributed by atoms with Gasteiger partial charge in [0.1, 0.15) is 5.69 Å². The highest BCUT2D eigenvalue weighted by Gasteiger charge is 2.15. The Bertz CT molecular complexity index is 576. The van der Waals surface area contributed by atoms with Crippen LogP contribution in [0.25, 0.3) is 10.9 Å². The van der Waals surface area contributed by atoms with E-state index < -0.39 is 0 Å². The molecule has 0 saturated carbocycles. The van der Waals surface area contributed by atoms with Crippen molar-refractivity contribution in [1.29, 1.82) is 0 Å². The first kappa shape index (κ1) is 12.7. The summed E-state index contributed by atoms with van der Waals surface area (Å²) in [5.41, 5.74) is 2.84. The van der Waals surface area contributed by atoms with Crippen LogP contribution in [0.4, 0.5) is 0 Å². The zero-order valence-corrected chi connectivity index (χ0v) is 11.3. The minimum atomic E-state index is -0.300. The molecule has 1 N–H and O–H groups in total. The normalized spacial score (nSPS) is 11.8. The van der Waals surface area contributed by atoms with E-state index in [1.807, 2.05) is 12.1 Å². The van der Waals surface area contributed by atoms with Crippen LogP contribution in [0, 0.1) is 0 Å². The number of benzene rings is 1. The summed E-state index contributed by atoms with van der Waals surface area (Å²) in [6.07, 6.45) is 0. The first-order valence-electron chi connectivity index (χ1n) is 6.22. The second-order valence-corrected chi connectivity index (χ2v) is 5.46. The van der Waals surface area contributed by atoms with E-state index in [2.05, 4.69) is 37.9 Å². The van der Waals surface area contributed by atoms with Crippen LogP contribution in [0.15, 0.2) is 24.3 Å². The number of fused-ring (bicyclic) bond motifs is 1. The summed E-state index contributed by atoms with van der Waals surface area (Å²) in [5.74, 6) is -0.300. The summed E-state index contributed by atoms with van der Waals surface area (Å²) in [4.78, 5) is 14.7. The molecule has 0 fully saturated rings. The van der Waals surface area contributed by atoms with Crippen molar-refractivity contribution >= 4 is 16.9 Å². The van der Waals surface area contributed by atoms with Crippen molar-refractivity contribution in [1.82, 2.24) is 4.98 Å². The zero-order chi connectivity index (χ0) is 13.3. The summed E-state index contributed by atoms with van der Waals surface area (Å²) in [6.45, 7) is 8.72. The maximum atomic E-state index is 11.6. The van der Waals surface area contributed by atoms with Gasteiger partial charge in [-0.3, -0.25) is 0 Å². The molecule has 1 aromatic carbocycles. The number of carbonyl (C=O) groups is 1. The zero-order valence-electron chi connectivity index (χ0n) is 11.3. The molecule has 0 aliphatic carbocycles. The van der Waals surface area contributed by atoms with Gasteiger partial charge in [-0.05, 0) is 36.1 Å². The second kappa shape index (κ2) is 4.48. The van der Waals surface area contributed by atoms with Gasteiger partial charge in [0.2, 0.25) is 0 Å². The van der Waals surface area contributed by atoms with Gasteiger partial charge in [-0.2, -0.15) is 0 Å². The Hall–Kier alpha value is -1.77. The number of hydrogen-bond donors (Lipinski definition) is 1. The summed E-state index contributed by atoms with van der Waals surface area (Å²) in [6, 6.07) is 8.07. The van der Waals surface area contributed by atoms with Crippen LogP contribution in [-0.2, 0) is 10.2 Å². The molecule has 0 saturated heterocycles. The molecule has 18 heavy (non-hydrogen) atoms. The third-order valence-corrected chi connectivity index (χ3v) is 2.98. The smallest absolute Gasteiger partial charge is 0.354 e. The number of aromatic nitrogens is 1. The van der Waals surface area contributed by atoms with Gasteiger partial charge in [0.05, 0.1) is 6.61 Å². The fourth-order valence-corrected chi connectivity index (χ4v) is 1.92. The highest BCUT2D eigenvalue weighted by molar-refractivity contribution is 5.95. The van der Waals surface area contributed by atoms with Crippen LogP contribution < -0.4 is 0 Å². The average molecular weight is 245 g/mol. The van der Waals surface area contributed by atoms with E-state index in [-0.39, 0.29) is 11.4 Å². The lowest BCUT2D eigenvalue weighted by Crippen LogP contribution is -2.10. The Morgan fingerprint density at radius 3 is 2.61 bits per heavy atom. The van der Waals surface area contributed by atoms with Gasteiger partial charge in [0, 0.05) is 10.9 Å². The fraction of sp³-hybridized carbons (Fsp3) is 0.400. The molecule has 0 radical (unpaired) electrons. The van der Waals surface area contributed by atoms with Crippen LogP contribution in [-0.4, -0.2) is 17.6 Å². The van der Waals surface area contributed by atoms with Crippen LogP contribution in [0.2, 0.25) is 0 Å². The number of nitrogens with one attached hydrogen (secondary N) is 1. The Labute approximate surface area is 107 Å². The molecule has 0 spiro atoms. The lowest BCUT2D eigenvalue weighted by atomic mass is 9.86. The first-order valence-corrected chi connectivity index (χ1v) is 6.22. The molecule has 2 rings (SSSR count). The first-order chi connectivity index (χ1) is 8.41. The predicted octanol–water partition coefficient (Wildman–Crippen LogP) is 3.64. The van der Waals surface area contributed by atoms with E-state index in [4.69, 9.17) is 4.74 Å². The van der Waals surface area contributed by atoms with Crippen molar-refractivity contribution in [3.63, 3.8) is 0 Å². The number of hydrogen-bond acceptors (Lipinski definition) is 2. The Balaban J connectivity index is 2.43. The molecule has 3 nitrogen and oxygen atoms in total. The third kappa shape index (κ3) is 2.40. The fourth-order valence-electron chi connectivity index (χ4n) is 1.92. The maximum absolute atomic E-state index is 11.6. The van der Waals surface area contributed by atoms with E-state index in [1.54, 1.807) is 6.92 Å². The number of esters is 1. The molecule has 0 amide bonds. The molecule has 0 bridgehead atoms. The average Bonchev–Trinajstić information content (AvgIpc) is 2.70. The molecule has 0 atom stereocenters. The number of H-pyrrole nitrogens is 1. The lowest BCUT2D eigenvalue weighted by Gasteiger charge is -2.18. The van der Waals surface area contributed by atoms with E-state index in [9.17, 15) is 4.79 Å². The van der Waals surface area contributed by atoms with Crippen molar-refractivity contribution in [2.45, 2.75) is 33.1 Å². The van der Waals surface area contributed by atoms with Crippen molar-refractivity contribution < 1.29 is 9.53 Å². The van der Waals surface area contributed by atoms with Gasteiger partial charge in [0.15, 0.2) is 0 Å². The van der Waals surface area contributed by atoms with Crippen molar-refractivity contribution in [2.75, 3.05) is 6.61 Å². The molecule has 3 heteroatoms. The quantitative estimate of drug-likeness (QED) is 0.821. The molecule has 0 aliphatic rings. The highest BCUT2D eigenvalue weighted by atomic mass is 16.5. The van der Waals surface area contributed by atoms with Gasteiger partial charge >= 0.3 is 5.97 Å². The van der Waals surface area contributed by atoms with E-state index in [0.717, 1.165) is 10.9 Å². The van der Waals surface area contributed by atoms with E-state index in [0.29, 0.717) is 12.3 Å². The van der Waals surface area contributed by atoms with Crippen molar-refractivity contribution in [3.8, 4) is 0 Å². The van der Waals surface area contributed by atoms with Gasteiger partial charge in [-0.15, -0.1) is 0 Å². The molecule has 96 valence electrons. The monoisotopic (exact) mass is 245 g/mol. The number of aromatic amines is 1. The summed E-state index contributed by atoms with van der Waals surface area (Å²) < 4.78 is 4.98. The maximum Gasteiger partial charge on any atom is 0.354 e. The molecular formula is C15H19NO2. The van der Waals surface area contributed by atoms with Crippen LogP contribution in [0.3, 0.4) is 0 Å². The summed E-state index contributed by atoms with van der Waals surface area (Å²) in [7, 11) is 0.